The van der Waals surface area contributed by atoms with Gasteiger partial charge in [-0.3, -0.25) is 25.2 Å². The lowest BCUT2D eigenvalue weighted by Gasteiger charge is -2.23. The number of carboxylic acids is 1. The lowest BCUT2D eigenvalue weighted by molar-refractivity contribution is -0.148. The van der Waals surface area contributed by atoms with Crippen molar-refractivity contribution in [3.05, 3.63) is 47.0 Å². The number of amides is 2. The monoisotopic (exact) mass is 348 g/mol. The van der Waals surface area contributed by atoms with E-state index in [-0.39, 0.29) is 24.2 Å². The zero-order chi connectivity index (χ0) is 17.3. The molecule has 0 aromatic heterocycles. The molecule has 6 nitrogen and oxygen atoms in total. The van der Waals surface area contributed by atoms with E-state index in [1.807, 2.05) is 12.2 Å². The molecule has 2 aliphatic rings. The van der Waals surface area contributed by atoms with Crippen LogP contribution >= 0.6 is 11.6 Å². The van der Waals surface area contributed by atoms with Crippen molar-refractivity contribution in [2.75, 3.05) is 0 Å². The molecule has 126 valence electrons. The number of hydrogen-bond acceptors (Lipinski definition) is 3. The normalized spacial score (nSPS) is 27.0. The van der Waals surface area contributed by atoms with Gasteiger partial charge in [0.25, 0.3) is 0 Å². The van der Waals surface area contributed by atoms with Gasteiger partial charge in [-0.15, -0.1) is 0 Å². The molecule has 0 saturated heterocycles. The van der Waals surface area contributed by atoms with Crippen LogP contribution < -0.4 is 10.9 Å². The Morgan fingerprint density at radius 1 is 1.04 bits per heavy atom. The summed E-state index contributed by atoms with van der Waals surface area (Å²) in [5, 5.41) is 9.92. The third kappa shape index (κ3) is 3.28. The summed E-state index contributed by atoms with van der Waals surface area (Å²) >= 11 is 5.78. The van der Waals surface area contributed by atoms with Crippen LogP contribution in [0.15, 0.2) is 36.4 Å². The van der Waals surface area contributed by atoms with Gasteiger partial charge in [-0.1, -0.05) is 35.9 Å². The van der Waals surface area contributed by atoms with Crippen LogP contribution in [0.5, 0.6) is 0 Å². The van der Waals surface area contributed by atoms with Crippen LogP contribution in [-0.2, 0) is 20.8 Å². The van der Waals surface area contributed by atoms with Gasteiger partial charge in [-0.05, 0) is 36.0 Å². The molecule has 7 heteroatoms. The van der Waals surface area contributed by atoms with Crippen LogP contribution in [0.3, 0.4) is 0 Å². The van der Waals surface area contributed by atoms with E-state index >= 15 is 0 Å². The summed E-state index contributed by atoms with van der Waals surface area (Å²) in [6, 6.07) is 6.82. The highest BCUT2D eigenvalue weighted by Gasteiger charge is 2.51. The van der Waals surface area contributed by atoms with Crippen molar-refractivity contribution in [1.29, 1.82) is 0 Å². The van der Waals surface area contributed by atoms with Gasteiger partial charge < -0.3 is 5.11 Å². The molecule has 3 N–H and O–H groups in total. The molecule has 0 heterocycles. The molecule has 24 heavy (non-hydrogen) atoms. The quantitative estimate of drug-likeness (QED) is 0.568. The third-order valence-corrected chi connectivity index (χ3v) is 4.90. The van der Waals surface area contributed by atoms with Gasteiger partial charge in [0.1, 0.15) is 0 Å². The van der Waals surface area contributed by atoms with Crippen LogP contribution in [0.2, 0.25) is 5.02 Å². The Bertz CT molecular complexity index is 701. The third-order valence-electron chi connectivity index (χ3n) is 4.65. The number of benzene rings is 1. The lowest BCUT2D eigenvalue weighted by atomic mass is 9.82. The Morgan fingerprint density at radius 3 is 2.29 bits per heavy atom. The van der Waals surface area contributed by atoms with Crippen molar-refractivity contribution in [3.63, 3.8) is 0 Å². The van der Waals surface area contributed by atoms with E-state index in [1.165, 1.54) is 0 Å². The standard InChI is InChI=1S/C17H17ClN2O4/c18-12-5-1-9(2-6-12)7-13(21)19-20-16(22)14-10-3-4-11(8-10)15(14)17(23)24/h1-6,10-11,14-15H,7-8H2,(H,19,21)(H,20,22)(H,23,24)/t10-,11+,14+,15+/m1/s1. The van der Waals surface area contributed by atoms with Crippen molar-refractivity contribution in [2.24, 2.45) is 23.7 Å². The van der Waals surface area contributed by atoms with Gasteiger partial charge in [-0.2, -0.15) is 0 Å². The molecular formula is C17H17ClN2O4. The molecular weight excluding hydrogens is 332 g/mol. The van der Waals surface area contributed by atoms with Crippen LogP contribution in [0, 0.1) is 23.7 Å². The Kier molecular flexibility index (Phi) is 4.57. The largest absolute Gasteiger partial charge is 0.481 e. The number of aliphatic carboxylic acids is 1. The number of nitrogens with one attached hydrogen (secondary N) is 2. The molecule has 1 aromatic carbocycles. The first-order valence-electron chi connectivity index (χ1n) is 7.70. The molecule has 4 atom stereocenters. The van der Waals surface area contributed by atoms with Gasteiger partial charge >= 0.3 is 5.97 Å². The molecule has 3 rings (SSSR count). The maximum atomic E-state index is 12.3. The second kappa shape index (κ2) is 6.65. The smallest absolute Gasteiger partial charge is 0.307 e. The molecule has 0 aliphatic heterocycles. The fraction of sp³-hybridized carbons (Fsp3) is 0.353. The molecule has 0 spiro atoms. The Morgan fingerprint density at radius 2 is 1.67 bits per heavy atom. The molecule has 1 aromatic rings. The Balaban J connectivity index is 1.55. The van der Waals surface area contributed by atoms with Crippen molar-refractivity contribution in [2.45, 2.75) is 12.8 Å². The average molecular weight is 349 g/mol. The second-order valence-corrected chi connectivity index (χ2v) is 6.62. The fourth-order valence-electron chi connectivity index (χ4n) is 3.56. The molecule has 1 saturated carbocycles. The molecule has 2 bridgehead atoms. The fourth-order valence-corrected chi connectivity index (χ4v) is 3.69. The summed E-state index contributed by atoms with van der Waals surface area (Å²) in [4.78, 5) is 35.6. The first kappa shape index (κ1) is 16.5. The number of hydrazine groups is 1. The predicted molar refractivity (Wildman–Crippen MR) is 86.8 cm³/mol. The topological polar surface area (TPSA) is 95.5 Å². The second-order valence-electron chi connectivity index (χ2n) is 6.18. The average Bonchev–Trinajstić information content (AvgIpc) is 3.15. The maximum absolute atomic E-state index is 12.3. The van der Waals surface area contributed by atoms with Crippen molar-refractivity contribution < 1.29 is 19.5 Å². The van der Waals surface area contributed by atoms with Crippen LogP contribution in [-0.4, -0.2) is 22.9 Å². The SMILES string of the molecule is O=C(Cc1ccc(Cl)cc1)NNC(=O)[C@@H]1[C@@H](C(=O)O)[C@H]2C=C[C@@H]1C2. The minimum absolute atomic E-state index is 0.0794. The van der Waals surface area contributed by atoms with E-state index in [2.05, 4.69) is 10.9 Å². The van der Waals surface area contributed by atoms with Gasteiger partial charge in [0, 0.05) is 5.02 Å². The van der Waals surface area contributed by atoms with E-state index in [0.29, 0.717) is 11.4 Å². The Labute approximate surface area is 143 Å². The van der Waals surface area contributed by atoms with Gasteiger partial charge in [0.05, 0.1) is 18.3 Å². The zero-order valence-electron chi connectivity index (χ0n) is 12.7. The number of carboxylic acid groups (broad SMARTS) is 1. The first-order chi connectivity index (χ1) is 11.5. The van der Waals surface area contributed by atoms with Crippen molar-refractivity contribution in [1.82, 2.24) is 10.9 Å². The first-order valence-corrected chi connectivity index (χ1v) is 8.08. The minimum atomic E-state index is -0.973. The van der Waals surface area contributed by atoms with E-state index < -0.39 is 23.7 Å². The minimum Gasteiger partial charge on any atom is -0.481 e. The number of hydrogen-bond donors (Lipinski definition) is 3. The number of fused-ring (bicyclic) bond motifs is 2. The van der Waals surface area contributed by atoms with Crippen molar-refractivity contribution in [3.8, 4) is 0 Å². The summed E-state index contributed by atoms with van der Waals surface area (Å²) in [5.74, 6) is -3.36. The van der Waals surface area contributed by atoms with Gasteiger partial charge in [0.2, 0.25) is 11.8 Å². The van der Waals surface area contributed by atoms with Crippen molar-refractivity contribution >= 4 is 29.4 Å². The number of rotatable bonds is 4. The molecule has 2 amide bonds. The van der Waals surface area contributed by atoms with Gasteiger partial charge in [-0.25, -0.2) is 0 Å². The predicted octanol–water partition coefficient (Wildman–Crippen LogP) is 1.55. The Hall–Kier alpha value is -2.34. The van der Waals surface area contributed by atoms with E-state index in [4.69, 9.17) is 11.6 Å². The number of allylic oxidation sites excluding steroid dienone is 2. The number of carbonyl (C=O) groups is 3. The highest BCUT2D eigenvalue weighted by molar-refractivity contribution is 6.30. The summed E-state index contributed by atoms with van der Waals surface area (Å²) in [6.07, 6.45) is 4.53. The number of halogens is 1. The van der Waals surface area contributed by atoms with Crippen LogP contribution in [0.1, 0.15) is 12.0 Å². The maximum Gasteiger partial charge on any atom is 0.307 e. The summed E-state index contributed by atoms with van der Waals surface area (Å²) in [6.45, 7) is 0. The molecule has 0 unspecified atom stereocenters. The molecule has 0 radical (unpaired) electrons. The summed E-state index contributed by atoms with van der Waals surface area (Å²) in [7, 11) is 0. The van der Waals surface area contributed by atoms with E-state index in [1.54, 1.807) is 24.3 Å². The van der Waals surface area contributed by atoms with Gasteiger partial charge in [0.15, 0.2) is 0 Å². The zero-order valence-corrected chi connectivity index (χ0v) is 13.5. The summed E-state index contributed by atoms with van der Waals surface area (Å²) in [5.41, 5.74) is 5.48. The summed E-state index contributed by atoms with van der Waals surface area (Å²) < 4.78 is 0. The molecule has 2 aliphatic carbocycles. The molecule has 1 fully saturated rings. The van der Waals surface area contributed by atoms with E-state index in [9.17, 15) is 19.5 Å². The highest BCUT2D eigenvalue weighted by atomic mass is 35.5. The van der Waals surface area contributed by atoms with Crippen LogP contribution in [0.25, 0.3) is 0 Å². The van der Waals surface area contributed by atoms with Crippen LogP contribution in [0.4, 0.5) is 0 Å². The van der Waals surface area contributed by atoms with E-state index in [0.717, 1.165) is 5.56 Å². The highest BCUT2D eigenvalue weighted by Crippen LogP contribution is 2.48. The lowest BCUT2D eigenvalue weighted by Crippen LogP contribution is -2.48. The number of carbonyl (C=O) groups excluding carboxylic acids is 2.